The summed E-state index contributed by atoms with van der Waals surface area (Å²) in [6, 6.07) is 7.18. The van der Waals surface area contributed by atoms with Crippen molar-refractivity contribution in [3.63, 3.8) is 0 Å². The molecule has 0 radical (unpaired) electrons. The molecule has 0 unspecified atom stereocenters. The average molecular weight is 229 g/mol. The lowest BCUT2D eigenvalue weighted by molar-refractivity contribution is 0.0133. The highest BCUT2D eigenvalue weighted by Gasteiger charge is 2.03. The summed E-state index contributed by atoms with van der Waals surface area (Å²) in [5.41, 5.74) is 0.684. The molecule has 3 nitrogen and oxygen atoms in total. The lowest BCUT2D eigenvalue weighted by Crippen LogP contribution is -2.22. The van der Waals surface area contributed by atoms with Crippen LogP contribution in [-0.2, 0) is 0 Å². The molecule has 0 saturated carbocycles. The standard InChI is InChI=1S/C8H9BrN2O/c1-11(12)8(10)6-2-4-7(9)5-3-6/h2-5,10,12H,1H3. The second-order valence-electron chi connectivity index (χ2n) is 2.38. The van der Waals surface area contributed by atoms with E-state index in [-0.39, 0.29) is 5.84 Å². The molecule has 0 atom stereocenters. The Labute approximate surface area is 79.2 Å². The van der Waals surface area contributed by atoms with Crippen LogP contribution in [0.5, 0.6) is 0 Å². The molecule has 0 amide bonds. The summed E-state index contributed by atoms with van der Waals surface area (Å²) in [5, 5.41) is 17.1. The predicted molar refractivity (Wildman–Crippen MR) is 50.5 cm³/mol. The van der Waals surface area contributed by atoms with E-state index in [9.17, 15) is 0 Å². The number of rotatable bonds is 1. The summed E-state index contributed by atoms with van der Waals surface area (Å²) in [6.45, 7) is 0. The van der Waals surface area contributed by atoms with Gasteiger partial charge in [-0.3, -0.25) is 10.6 Å². The van der Waals surface area contributed by atoms with E-state index in [4.69, 9.17) is 10.6 Å². The van der Waals surface area contributed by atoms with Crippen molar-refractivity contribution in [1.82, 2.24) is 5.06 Å². The van der Waals surface area contributed by atoms with Gasteiger partial charge in [-0.15, -0.1) is 0 Å². The van der Waals surface area contributed by atoms with Gasteiger partial charge in [-0.1, -0.05) is 28.1 Å². The fourth-order valence-corrected chi connectivity index (χ4v) is 1.06. The van der Waals surface area contributed by atoms with Crippen molar-refractivity contribution in [2.24, 2.45) is 0 Å². The molecule has 0 saturated heterocycles. The Kier molecular flexibility index (Phi) is 2.83. The summed E-state index contributed by atoms with van der Waals surface area (Å²) < 4.78 is 0.958. The first kappa shape index (κ1) is 9.22. The Balaban J connectivity index is 2.90. The van der Waals surface area contributed by atoms with E-state index in [1.807, 2.05) is 12.1 Å². The van der Waals surface area contributed by atoms with Crippen LogP contribution in [0.25, 0.3) is 0 Å². The second-order valence-corrected chi connectivity index (χ2v) is 3.29. The van der Waals surface area contributed by atoms with Gasteiger partial charge in [-0.2, -0.15) is 0 Å². The van der Waals surface area contributed by atoms with Crippen LogP contribution in [0.2, 0.25) is 0 Å². The summed E-state index contributed by atoms with van der Waals surface area (Å²) in [6.07, 6.45) is 0. The molecule has 0 heterocycles. The summed E-state index contributed by atoms with van der Waals surface area (Å²) in [4.78, 5) is 0. The molecular formula is C8H9BrN2O. The van der Waals surface area contributed by atoms with Crippen molar-refractivity contribution in [3.8, 4) is 0 Å². The van der Waals surface area contributed by atoms with Crippen molar-refractivity contribution in [2.45, 2.75) is 0 Å². The molecule has 0 bridgehead atoms. The van der Waals surface area contributed by atoms with Gasteiger partial charge in [0.2, 0.25) is 0 Å². The van der Waals surface area contributed by atoms with Gasteiger partial charge in [0.1, 0.15) is 0 Å². The number of nitrogens with one attached hydrogen (secondary N) is 1. The molecule has 0 fully saturated rings. The second kappa shape index (κ2) is 3.69. The minimum Gasteiger partial charge on any atom is -0.287 e. The first-order chi connectivity index (χ1) is 5.61. The highest BCUT2D eigenvalue weighted by molar-refractivity contribution is 9.10. The third kappa shape index (κ3) is 2.06. The predicted octanol–water partition coefficient (Wildman–Crippen LogP) is 2.10. The van der Waals surface area contributed by atoms with Gasteiger partial charge in [0.05, 0.1) is 0 Å². The maximum atomic E-state index is 8.94. The largest absolute Gasteiger partial charge is 0.287 e. The summed E-state index contributed by atoms with van der Waals surface area (Å²) >= 11 is 3.29. The van der Waals surface area contributed by atoms with E-state index in [0.717, 1.165) is 9.54 Å². The molecule has 0 aliphatic rings. The fourth-order valence-electron chi connectivity index (χ4n) is 0.795. The summed E-state index contributed by atoms with van der Waals surface area (Å²) in [7, 11) is 1.42. The fraction of sp³-hybridized carbons (Fsp3) is 0.125. The maximum absolute atomic E-state index is 8.94. The number of hydrogen-bond acceptors (Lipinski definition) is 2. The lowest BCUT2D eigenvalue weighted by atomic mass is 10.2. The van der Waals surface area contributed by atoms with Crippen LogP contribution < -0.4 is 0 Å². The molecule has 0 aliphatic carbocycles. The van der Waals surface area contributed by atoms with Crippen molar-refractivity contribution >= 4 is 21.8 Å². The molecule has 1 aromatic carbocycles. The van der Waals surface area contributed by atoms with Gasteiger partial charge < -0.3 is 0 Å². The molecule has 0 aliphatic heterocycles. The average Bonchev–Trinajstić information content (AvgIpc) is 2.04. The van der Waals surface area contributed by atoms with Crippen LogP contribution in [0.3, 0.4) is 0 Å². The van der Waals surface area contributed by atoms with E-state index >= 15 is 0 Å². The monoisotopic (exact) mass is 228 g/mol. The normalized spacial score (nSPS) is 9.58. The van der Waals surface area contributed by atoms with Gasteiger partial charge in [0.25, 0.3) is 0 Å². The van der Waals surface area contributed by atoms with Crippen molar-refractivity contribution < 1.29 is 5.21 Å². The Bertz CT molecular complexity index is 282. The Morgan fingerprint density at radius 1 is 1.42 bits per heavy atom. The van der Waals surface area contributed by atoms with Crippen LogP contribution >= 0.6 is 15.9 Å². The van der Waals surface area contributed by atoms with E-state index in [1.54, 1.807) is 12.1 Å². The highest BCUT2D eigenvalue weighted by Crippen LogP contribution is 2.11. The first-order valence-corrected chi connectivity index (χ1v) is 4.17. The van der Waals surface area contributed by atoms with E-state index in [2.05, 4.69) is 15.9 Å². The summed E-state index contributed by atoms with van der Waals surface area (Å²) in [5.74, 6) is 0.0856. The van der Waals surface area contributed by atoms with Crippen LogP contribution in [0.15, 0.2) is 28.7 Å². The number of hydrogen-bond donors (Lipinski definition) is 2. The first-order valence-electron chi connectivity index (χ1n) is 3.38. The van der Waals surface area contributed by atoms with E-state index in [1.165, 1.54) is 7.05 Å². The van der Waals surface area contributed by atoms with Crippen LogP contribution in [-0.4, -0.2) is 23.2 Å². The van der Waals surface area contributed by atoms with Crippen molar-refractivity contribution in [2.75, 3.05) is 7.05 Å². The molecule has 12 heavy (non-hydrogen) atoms. The lowest BCUT2D eigenvalue weighted by Gasteiger charge is -2.10. The molecule has 1 aromatic rings. The maximum Gasteiger partial charge on any atom is 0.151 e. The third-order valence-corrected chi connectivity index (χ3v) is 1.97. The van der Waals surface area contributed by atoms with Gasteiger partial charge in [0.15, 0.2) is 5.84 Å². The van der Waals surface area contributed by atoms with Crippen LogP contribution in [0.1, 0.15) is 5.56 Å². The highest BCUT2D eigenvalue weighted by atomic mass is 79.9. The quantitative estimate of drug-likeness (QED) is 0.440. The smallest absolute Gasteiger partial charge is 0.151 e. The van der Waals surface area contributed by atoms with E-state index < -0.39 is 0 Å². The number of halogens is 1. The molecule has 0 aromatic heterocycles. The molecule has 64 valence electrons. The van der Waals surface area contributed by atoms with Crippen LogP contribution in [0.4, 0.5) is 0 Å². The van der Waals surface area contributed by atoms with Gasteiger partial charge >= 0.3 is 0 Å². The number of hydroxylamine groups is 2. The van der Waals surface area contributed by atoms with E-state index in [0.29, 0.717) is 5.56 Å². The molecule has 2 N–H and O–H groups in total. The third-order valence-electron chi connectivity index (χ3n) is 1.44. The van der Waals surface area contributed by atoms with Gasteiger partial charge in [-0.05, 0) is 12.1 Å². The minimum absolute atomic E-state index is 0.0856. The zero-order chi connectivity index (χ0) is 9.14. The van der Waals surface area contributed by atoms with Gasteiger partial charge in [-0.25, -0.2) is 5.06 Å². The number of amidine groups is 1. The Morgan fingerprint density at radius 2 is 1.92 bits per heavy atom. The Hall–Kier alpha value is -0.870. The van der Waals surface area contributed by atoms with Crippen molar-refractivity contribution in [3.05, 3.63) is 34.3 Å². The molecule has 4 heteroatoms. The van der Waals surface area contributed by atoms with Crippen molar-refractivity contribution in [1.29, 1.82) is 5.41 Å². The zero-order valence-corrected chi connectivity index (χ0v) is 8.17. The molecule has 0 spiro atoms. The Morgan fingerprint density at radius 3 is 2.33 bits per heavy atom. The molecule has 1 rings (SSSR count). The SMILES string of the molecule is CN(O)C(=N)c1ccc(Br)cc1. The number of nitrogens with zero attached hydrogens (tertiary/aromatic N) is 1. The van der Waals surface area contributed by atoms with Crippen LogP contribution in [0, 0.1) is 5.41 Å². The zero-order valence-electron chi connectivity index (χ0n) is 6.58. The minimum atomic E-state index is 0.0856. The molecular weight excluding hydrogens is 220 g/mol. The van der Waals surface area contributed by atoms with Gasteiger partial charge in [0, 0.05) is 17.1 Å². The topological polar surface area (TPSA) is 47.3 Å². The number of benzene rings is 1.